The van der Waals surface area contributed by atoms with Gasteiger partial charge in [0.2, 0.25) is 10.0 Å². The number of sulfonamides is 1. The second-order valence-corrected chi connectivity index (χ2v) is 7.41. The fourth-order valence-corrected chi connectivity index (χ4v) is 4.31. The topological polar surface area (TPSA) is 46.6 Å². The molecular formula is C17H19NO3S. The molecule has 1 aliphatic rings. The van der Waals surface area contributed by atoms with E-state index >= 15 is 0 Å². The Labute approximate surface area is 131 Å². The molecule has 5 heteroatoms. The summed E-state index contributed by atoms with van der Waals surface area (Å²) >= 11 is 0. The number of hydrogen-bond donors (Lipinski definition) is 0. The minimum atomic E-state index is -3.42. The number of nitrogens with zero attached hydrogens (tertiary/aromatic N) is 1. The Hall–Kier alpha value is -1.69. The van der Waals surface area contributed by atoms with E-state index in [4.69, 9.17) is 4.74 Å². The van der Waals surface area contributed by atoms with Crippen LogP contribution in [0.15, 0.2) is 54.6 Å². The Balaban J connectivity index is 1.85. The summed E-state index contributed by atoms with van der Waals surface area (Å²) in [5.74, 6) is 0.00136. The summed E-state index contributed by atoms with van der Waals surface area (Å²) in [5.41, 5.74) is 2.73. The summed E-state index contributed by atoms with van der Waals surface area (Å²) in [4.78, 5) is 0. The molecule has 0 radical (unpaired) electrons. The van der Waals surface area contributed by atoms with Gasteiger partial charge < -0.3 is 4.74 Å². The zero-order valence-electron chi connectivity index (χ0n) is 12.5. The first-order valence-corrected chi connectivity index (χ1v) is 8.89. The van der Waals surface area contributed by atoms with Crippen molar-refractivity contribution < 1.29 is 13.2 Å². The van der Waals surface area contributed by atoms with Gasteiger partial charge in [0.25, 0.3) is 0 Å². The van der Waals surface area contributed by atoms with Crippen molar-refractivity contribution in [3.63, 3.8) is 0 Å². The van der Waals surface area contributed by atoms with E-state index in [0.29, 0.717) is 13.2 Å². The highest BCUT2D eigenvalue weighted by Crippen LogP contribution is 2.30. The molecule has 116 valence electrons. The van der Waals surface area contributed by atoms with Crippen LogP contribution in [0.3, 0.4) is 0 Å². The van der Waals surface area contributed by atoms with Gasteiger partial charge in [-0.25, -0.2) is 8.42 Å². The van der Waals surface area contributed by atoms with Crippen LogP contribution in [-0.4, -0.2) is 25.9 Å². The molecule has 2 aromatic carbocycles. The SMILES string of the molecule is Cc1cccc(CS(=O)(=O)N2CCOC2c2ccccc2)c1. The highest BCUT2D eigenvalue weighted by molar-refractivity contribution is 7.88. The van der Waals surface area contributed by atoms with Gasteiger partial charge >= 0.3 is 0 Å². The Bertz CT molecular complexity index is 744. The third-order valence-electron chi connectivity index (χ3n) is 3.72. The molecule has 22 heavy (non-hydrogen) atoms. The standard InChI is InChI=1S/C17H19NO3S/c1-14-6-5-7-15(12-14)13-22(19,20)18-10-11-21-17(18)16-8-3-2-4-9-16/h2-9,12,17H,10-11,13H2,1H3. The zero-order chi connectivity index (χ0) is 15.6. The van der Waals surface area contributed by atoms with Gasteiger partial charge in [0.05, 0.1) is 12.4 Å². The van der Waals surface area contributed by atoms with Crippen LogP contribution in [0.2, 0.25) is 0 Å². The number of hydrogen-bond acceptors (Lipinski definition) is 3. The van der Waals surface area contributed by atoms with Crippen LogP contribution in [0.4, 0.5) is 0 Å². The van der Waals surface area contributed by atoms with Crippen molar-refractivity contribution in [2.45, 2.75) is 18.9 Å². The van der Waals surface area contributed by atoms with Crippen LogP contribution < -0.4 is 0 Å². The normalized spacial score (nSPS) is 19.4. The molecule has 0 aliphatic carbocycles. The molecule has 3 rings (SSSR count). The van der Waals surface area contributed by atoms with Gasteiger partial charge in [0, 0.05) is 6.54 Å². The monoisotopic (exact) mass is 317 g/mol. The predicted octanol–water partition coefficient (Wildman–Crippen LogP) is 2.86. The van der Waals surface area contributed by atoms with Crippen molar-refractivity contribution in [2.24, 2.45) is 0 Å². The molecule has 0 N–H and O–H groups in total. The van der Waals surface area contributed by atoms with Crippen LogP contribution in [-0.2, 0) is 20.5 Å². The Morgan fingerprint density at radius 3 is 2.64 bits per heavy atom. The van der Waals surface area contributed by atoms with E-state index in [2.05, 4.69) is 0 Å². The third-order valence-corrected chi connectivity index (χ3v) is 5.51. The second-order valence-electron chi connectivity index (χ2n) is 5.49. The van der Waals surface area contributed by atoms with Gasteiger partial charge in [-0.05, 0) is 18.1 Å². The first-order chi connectivity index (χ1) is 10.6. The third kappa shape index (κ3) is 3.21. The van der Waals surface area contributed by atoms with Crippen LogP contribution >= 0.6 is 0 Å². The average molecular weight is 317 g/mol. The molecule has 0 saturated carbocycles. The summed E-state index contributed by atoms with van der Waals surface area (Å²) in [6.07, 6.45) is -0.518. The lowest BCUT2D eigenvalue weighted by molar-refractivity contribution is 0.0682. The van der Waals surface area contributed by atoms with E-state index in [-0.39, 0.29) is 5.75 Å². The summed E-state index contributed by atoms with van der Waals surface area (Å²) in [6, 6.07) is 17.1. The largest absolute Gasteiger partial charge is 0.356 e. The molecule has 1 unspecified atom stereocenters. The summed E-state index contributed by atoms with van der Waals surface area (Å²) in [6.45, 7) is 2.78. The van der Waals surface area contributed by atoms with Crippen LogP contribution in [0.25, 0.3) is 0 Å². The second kappa shape index (κ2) is 6.20. The van der Waals surface area contributed by atoms with Crippen molar-refractivity contribution in [2.75, 3.05) is 13.2 Å². The van der Waals surface area contributed by atoms with E-state index in [9.17, 15) is 8.42 Å². The fourth-order valence-electron chi connectivity index (χ4n) is 2.72. The van der Waals surface area contributed by atoms with Gasteiger partial charge in [-0.3, -0.25) is 0 Å². The van der Waals surface area contributed by atoms with Crippen molar-refractivity contribution in [1.29, 1.82) is 0 Å². The smallest absolute Gasteiger partial charge is 0.220 e. The molecule has 1 saturated heterocycles. The number of benzene rings is 2. The van der Waals surface area contributed by atoms with Crippen LogP contribution in [0, 0.1) is 6.92 Å². The zero-order valence-corrected chi connectivity index (χ0v) is 13.3. The molecule has 0 aromatic heterocycles. The first-order valence-electron chi connectivity index (χ1n) is 7.28. The summed E-state index contributed by atoms with van der Waals surface area (Å²) < 4.78 is 32.6. The van der Waals surface area contributed by atoms with Crippen molar-refractivity contribution in [3.8, 4) is 0 Å². The van der Waals surface area contributed by atoms with Gasteiger partial charge in [0.15, 0.2) is 0 Å². The molecule has 4 nitrogen and oxygen atoms in total. The number of rotatable bonds is 4. The van der Waals surface area contributed by atoms with E-state index in [1.54, 1.807) is 0 Å². The summed E-state index contributed by atoms with van der Waals surface area (Å²) in [5, 5.41) is 0. The highest BCUT2D eigenvalue weighted by atomic mass is 32.2. The lowest BCUT2D eigenvalue weighted by atomic mass is 10.2. The summed E-state index contributed by atoms with van der Waals surface area (Å²) in [7, 11) is -3.42. The predicted molar refractivity (Wildman–Crippen MR) is 85.6 cm³/mol. The maximum atomic E-state index is 12.7. The number of aryl methyl sites for hydroxylation is 1. The van der Waals surface area contributed by atoms with Crippen LogP contribution in [0.5, 0.6) is 0 Å². The molecule has 1 heterocycles. The van der Waals surface area contributed by atoms with Crippen molar-refractivity contribution >= 4 is 10.0 Å². The van der Waals surface area contributed by atoms with E-state index in [0.717, 1.165) is 16.7 Å². The Morgan fingerprint density at radius 2 is 1.91 bits per heavy atom. The van der Waals surface area contributed by atoms with Crippen molar-refractivity contribution in [1.82, 2.24) is 4.31 Å². The first kappa shape index (κ1) is 15.2. The maximum Gasteiger partial charge on any atom is 0.220 e. The number of ether oxygens (including phenoxy) is 1. The van der Waals surface area contributed by atoms with Gasteiger partial charge in [-0.15, -0.1) is 0 Å². The van der Waals surface area contributed by atoms with Crippen molar-refractivity contribution in [3.05, 3.63) is 71.3 Å². The molecular weight excluding hydrogens is 298 g/mol. The highest BCUT2D eigenvalue weighted by Gasteiger charge is 2.36. The fraction of sp³-hybridized carbons (Fsp3) is 0.294. The molecule has 0 bridgehead atoms. The van der Waals surface area contributed by atoms with E-state index in [1.165, 1.54) is 4.31 Å². The molecule has 1 fully saturated rings. The lowest BCUT2D eigenvalue weighted by Crippen LogP contribution is -2.32. The minimum absolute atomic E-state index is 0.00136. The molecule has 2 aromatic rings. The Kier molecular flexibility index (Phi) is 4.29. The van der Waals surface area contributed by atoms with Gasteiger partial charge in [-0.2, -0.15) is 4.31 Å². The minimum Gasteiger partial charge on any atom is -0.356 e. The molecule has 0 spiro atoms. The molecule has 1 aliphatic heterocycles. The molecule has 0 amide bonds. The van der Waals surface area contributed by atoms with Crippen LogP contribution in [0.1, 0.15) is 22.9 Å². The van der Waals surface area contributed by atoms with E-state index < -0.39 is 16.3 Å². The van der Waals surface area contributed by atoms with E-state index in [1.807, 2.05) is 61.5 Å². The van der Waals surface area contributed by atoms with Gasteiger partial charge in [0.1, 0.15) is 6.23 Å². The quantitative estimate of drug-likeness (QED) is 0.871. The Morgan fingerprint density at radius 1 is 1.14 bits per heavy atom. The van der Waals surface area contributed by atoms with Gasteiger partial charge in [-0.1, -0.05) is 60.2 Å². The maximum absolute atomic E-state index is 12.7. The lowest BCUT2D eigenvalue weighted by Gasteiger charge is -2.23. The molecule has 1 atom stereocenters. The average Bonchev–Trinajstić information content (AvgIpc) is 2.98.